The Morgan fingerprint density at radius 3 is 2.42 bits per heavy atom. The lowest BCUT2D eigenvalue weighted by molar-refractivity contribution is -0.133. The van der Waals surface area contributed by atoms with Gasteiger partial charge >= 0.3 is 5.97 Å². The molecule has 4 aromatic rings. The summed E-state index contributed by atoms with van der Waals surface area (Å²) in [5.41, 5.74) is 2.19. The predicted molar refractivity (Wildman–Crippen MR) is 117 cm³/mol. The number of ether oxygens (including phenoxy) is 3. The first kappa shape index (κ1) is 20.2. The first-order valence-corrected chi connectivity index (χ1v) is 9.61. The zero-order chi connectivity index (χ0) is 21.8. The lowest BCUT2D eigenvalue weighted by atomic mass is 10.1. The van der Waals surface area contributed by atoms with Crippen LogP contribution in [-0.4, -0.2) is 20.2 Å². The summed E-state index contributed by atoms with van der Waals surface area (Å²) < 4.78 is 21.6. The average molecular weight is 416 g/mol. The maximum Gasteiger partial charge on any atom is 0.315 e. The minimum absolute atomic E-state index is 0.0509. The van der Waals surface area contributed by atoms with Gasteiger partial charge < -0.3 is 18.6 Å². The molecule has 0 atom stereocenters. The van der Waals surface area contributed by atoms with Crippen molar-refractivity contribution in [3.05, 3.63) is 88.8 Å². The Hall–Kier alpha value is -4.06. The van der Waals surface area contributed by atoms with E-state index in [0.717, 1.165) is 11.1 Å². The van der Waals surface area contributed by atoms with Gasteiger partial charge in [-0.25, -0.2) is 0 Å². The number of fused-ring (bicyclic) bond motifs is 1. The lowest BCUT2D eigenvalue weighted by Crippen LogP contribution is -2.12. The highest BCUT2D eigenvalue weighted by atomic mass is 16.5. The Balaban J connectivity index is 1.54. The van der Waals surface area contributed by atoms with Crippen LogP contribution in [0.3, 0.4) is 0 Å². The molecule has 6 heteroatoms. The van der Waals surface area contributed by atoms with Gasteiger partial charge in [-0.15, -0.1) is 0 Å². The summed E-state index contributed by atoms with van der Waals surface area (Å²) in [5.74, 6) is 0.969. The molecule has 0 amide bonds. The second-order valence-electron chi connectivity index (χ2n) is 6.84. The van der Waals surface area contributed by atoms with E-state index in [-0.39, 0.29) is 11.8 Å². The number of methoxy groups -OCH3 is 2. The number of carbonyl (C=O) groups is 1. The molecular weight excluding hydrogens is 396 g/mol. The fourth-order valence-corrected chi connectivity index (χ4v) is 3.31. The van der Waals surface area contributed by atoms with Crippen LogP contribution in [0.25, 0.3) is 22.1 Å². The number of hydrogen-bond donors (Lipinski definition) is 0. The van der Waals surface area contributed by atoms with Gasteiger partial charge in [0.2, 0.25) is 0 Å². The van der Waals surface area contributed by atoms with E-state index >= 15 is 0 Å². The van der Waals surface area contributed by atoms with Gasteiger partial charge in [0.05, 0.1) is 31.6 Å². The second kappa shape index (κ2) is 8.75. The zero-order valence-electron chi connectivity index (χ0n) is 17.1. The van der Waals surface area contributed by atoms with E-state index in [9.17, 15) is 9.59 Å². The molecule has 1 aromatic heterocycles. The van der Waals surface area contributed by atoms with Crippen molar-refractivity contribution in [1.29, 1.82) is 0 Å². The quantitative estimate of drug-likeness (QED) is 0.337. The van der Waals surface area contributed by atoms with Crippen molar-refractivity contribution in [1.82, 2.24) is 0 Å². The van der Waals surface area contributed by atoms with Crippen LogP contribution in [0.15, 0.2) is 82.2 Å². The summed E-state index contributed by atoms with van der Waals surface area (Å²) in [5, 5.41) is 0.418. The van der Waals surface area contributed by atoms with Gasteiger partial charge in [-0.1, -0.05) is 36.4 Å². The van der Waals surface area contributed by atoms with Gasteiger partial charge in [-0.3, -0.25) is 9.59 Å². The van der Waals surface area contributed by atoms with Crippen molar-refractivity contribution in [2.75, 3.05) is 14.2 Å². The van der Waals surface area contributed by atoms with Gasteiger partial charge in [-0.2, -0.15) is 0 Å². The van der Waals surface area contributed by atoms with Crippen molar-refractivity contribution >= 4 is 16.9 Å². The molecule has 31 heavy (non-hydrogen) atoms. The number of hydrogen-bond acceptors (Lipinski definition) is 6. The van der Waals surface area contributed by atoms with Crippen LogP contribution in [0.1, 0.15) is 5.56 Å². The molecule has 0 bridgehead atoms. The summed E-state index contributed by atoms with van der Waals surface area (Å²) in [6, 6.07) is 19.3. The smallest absolute Gasteiger partial charge is 0.315 e. The standard InChI is InChI=1S/C25H20O6/c1-28-21-11-8-16(12-23(21)29-2)13-24(26)31-18-9-10-19-22(14-18)30-15-20(25(19)27)17-6-4-3-5-7-17/h3-12,14-15H,13H2,1-2H3. The molecule has 4 rings (SSSR count). The molecule has 0 unspecified atom stereocenters. The third-order valence-electron chi connectivity index (χ3n) is 4.86. The summed E-state index contributed by atoms with van der Waals surface area (Å²) in [4.78, 5) is 25.2. The van der Waals surface area contributed by atoms with Crippen molar-refractivity contribution in [2.45, 2.75) is 6.42 Å². The van der Waals surface area contributed by atoms with E-state index in [0.29, 0.717) is 33.8 Å². The molecule has 0 saturated heterocycles. The first-order chi connectivity index (χ1) is 15.1. The SMILES string of the molecule is COc1ccc(CC(=O)Oc2ccc3c(=O)c(-c4ccccc4)coc3c2)cc1OC. The molecule has 156 valence electrons. The molecule has 0 aliphatic rings. The zero-order valence-corrected chi connectivity index (χ0v) is 17.1. The molecule has 0 fully saturated rings. The van der Waals surface area contributed by atoms with E-state index in [1.54, 1.807) is 37.4 Å². The molecule has 6 nitrogen and oxygen atoms in total. The Morgan fingerprint density at radius 2 is 1.68 bits per heavy atom. The number of esters is 1. The summed E-state index contributed by atoms with van der Waals surface area (Å²) in [7, 11) is 3.08. The third kappa shape index (κ3) is 4.28. The fourth-order valence-electron chi connectivity index (χ4n) is 3.31. The van der Waals surface area contributed by atoms with Crippen LogP contribution >= 0.6 is 0 Å². The third-order valence-corrected chi connectivity index (χ3v) is 4.86. The number of carbonyl (C=O) groups excluding carboxylic acids is 1. The van der Waals surface area contributed by atoms with E-state index < -0.39 is 5.97 Å². The van der Waals surface area contributed by atoms with Gasteiger partial charge in [0.1, 0.15) is 17.6 Å². The van der Waals surface area contributed by atoms with Gasteiger partial charge in [0, 0.05) is 6.07 Å². The molecule has 0 radical (unpaired) electrons. The molecule has 0 aliphatic heterocycles. The van der Waals surface area contributed by atoms with Crippen LogP contribution in [0.2, 0.25) is 0 Å². The van der Waals surface area contributed by atoms with Crippen LogP contribution in [0, 0.1) is 0 Å². The highest BCUT2D eigenvalue weighted by Gasteiger charge is 2.13. The summed E-state index contributed by atoms with van der Waals surface area (Å²) in [6.07, 6.45) is 1.48. The minimum Gasteiger partial charge on any atom is -0.493 e. The minimum atomic E-state index is -0.449. The monoisotopic (exact) mass is 416 g/mol. The molecule has 0 aliphatic carbocycles. The Morgan fingerprint density at radius 1 is 0.903 bits per heavy atom. The molecule has 0 N–H and O–H groups in total. The molecular formula is C25H20O6. The Labute approximate surface area is 178 Å². The number of benzene rings is 3. The van der Waals surface area contributed by atoms with Crippen molar-refractivity contribution in [3.8, 4) is 28.4 Å². The average Bonchev–Trinajstić information content (AvgIpc) is 2.79. The van der Waals surface area contributed by atoms with Gasteiger partial charge in [0.15, 0.2) is 16.9 Å². The van der Waals surface area contributed by atoms with Crippen LogP contribution < -0.4 is 19.6 Å². The van der Waals surface area contributed by atoms with E-state index in [1.807, 2.05) is 30.3 Å². The van der Waals surface area contributed by atoms with Crippen LogP contribution in [0.5, 0.6) is 17.2 Å². The Bertz CT molecular complexity index is 1290. The fraction of sp³-hybridized carbons (Fsp3) is 0.120. The maximum atomic E-state index is 12.8. The number of rotatable bonds is 6. The topological polar surface area (TPSA) is 75.0 Å². The summed E-state index contributed by atoms with van der Waals surface area (Å²) >= 11 is 0. The normalized spacial score (nSPS) is 10.6. The van der Waals surface area contributed by atoms with Crippen molar-refractivity contribution < 1.29 is 23.4 Å². The van der Waals surface area contributed by atoms with Crippen molar-refractivity contribution in [3.63, 3.8) is 0 Å². The van der Waals surface area contributed by atoms with Gasteiger partial charge in [-0.05, 0) is 35.4 Å². The van der Waals surface area contributed by atoms with E-state index in [2.05, 4.69) is 0 Å². The highest BCUT2D eigenvalue weighted by Crippen LogP contribution is 2.28. The largest absolute Gasteiger partial charge is 0.493 e. The predicted octanol–water partition coefficient (Wildman–Crippen LogP) is 4.63. The molecule has 0 spiro atoms. The van der Waals surface area contributed by atoms with Crippen LogP contribution in [-0.2, 0) is 11.2 Å². The maximum absolute atomic E-state index is 12.8. The van der Waals surface area contributed by atoms with Gasteiger partial charge in [0.25, 0.3) is 0 Å². The first-order valence-electron chi connectivity index (χ1n) is 9.61. The molecule has 0 saturated carbocycles. The van der Waals surface area contributed by atoms with E-state index in [4.69, 9.17) is 18.6 Å². The Kier molecular flexibility index (Phi) is 5.71. The lowest BCUT2D eigenvalue weighted by Gasteiger charge is -2.10. The second-order valence-corrected chi connectivity index (χ2v) is 6.84. The highest BCUT2D eigenvalue weighted by molar-refractivity contribution is 5.84. The van der Waals surface area contributed by atoms with Crippen LogP contribution in [0.4, 0.5) is 0 Å². The van der Waals surface area contributed by atoms with Crippen molar-refractivity contribution in [2.24, 2.45) is 0 Å². The van der Waals surface area contributed by atoms with E-state index in [1.165, 1.54) is 19.4 Å². The molecule has 3 aromatic carbocycles. The summed E-state index contributed by atoms with van der Waals surface area (Å²) in [6.45, 7) is 0. The molecule has 1 heterocycles.